The van der Waals surface area contributed by atoms with Crippen LogP contribution in [0.3, 0.4) is 0 Å². The summed E-state index contributed by atoms with van der Waals surface area (Å²) in [6.45, 7) is 3.91. The molecule has 0 aliphatic carbocycles. The summed E-state index contributed by atoms with van der Waals surface area (Å²) < 4.78 is 11.4. The van der Waals surface area contributed by atoms with Gasteiger partial charge >= 0.3 is 6.03 Å². The highest BCUT2D eigenvalue weighted by Crippen LogP contribution is 2.17. The summed E-state index contributed by atoms with van der Waals surface area (Å²) in [5.41, 5.74) is 0. The summed E-state index contributed by atoms with van der Waals surface area (Å²) in [4.78, 5) is 22.6. The van der Waals surface area contributed by atoms with Gasteiger partial charge in [-0.05, 0) is 31.7 Å². The molecular formula is C17H27N5O3. The largest absolute Gasteiger partial charge is 0.376 e. The maximum absolute atomic E-state index is 12.6. The van der Waals surface area contributed by atoms with Crippen LogP contribution < -0.4 is 10.6 Å². The van der Waals surface area contributed by atoms with Crippen LogP contribution in [0.4, 0.5) is 10.7 Å². The summed E-state index contributed by atoms with van der Waals surface area (Å²) in [6, 6.07) is 1.70. The number of nitrogens with zero attached hydrogens (tertiary/aromatic N) is 3. The average Bonchev–Trinajstić information content (AvgIpc) is 3.33. The van der Waals surface area contributed by atoms with E-state index in [1.807, 2.05) is 4.90 Å². The van der Waals surface area contributed by atoms with Gasteiger partial charge in [0.05, 0.1) is 12.2 Å². The van der Waals surface area contributed by atoms with E-state index in [-0.39, 0.29) is 18.2 Å². The number of carbonyl (C=O) groups excluding carboxylic acids is 1. The molecule has 2 fully saturated rings. The second-order valence-electron chi connectivity index (χ2n) is 6.41. The number of rotatable bonds is 8. The van der Waals surface area contributed by atoms with Gasteiger partial charge in [-0.2, -0.15) is 0 Å². The molecule has 25 heavy (non-hydrogen) atoms. The highest BCUT2D eigenvalue weighted by molar-refractivity contribution is 5.74. The molecule has 1 aromatic heterocycles. The van der Waals surface area contributed by atoms with E-state index in [9.17, 15) is 4.79 Å². The molecule has 3 heterocycles. The van der Waals surface area contributed by atoms with Gasteiger partial charge in [0.25, 0.3) is 0 Å². The van der Waals surface area contributed by atoms with E-state index < -0.39 is 0 Å². The molecule has 8 nitrogen and oxygen atoms in total. The molecule has 0 saturated carbocycles. The molecule has 2 aliphatic rings. The van der Waals surface area contributed by atoms with Gasteiger partial charge in [-0.25, -0.2) is 14.8 Å². The summed E-state index contributed by atoms with van der Waals surface area (Å²) in [6.07, 6.45) is 7.82. The van der Waals surface area contributed by atoms with E-state index in [1.165, 1.54) is 0 Å². The lowest BCUT2D eigenvalue weighted by Crippen LogP contribution is -2.47. The fourth-order valence-electron chi connectivity index (χ4n) is 3.15. The fourth-order valence-corrected chi connectivity index (χ4v) is 3.15. The number of anilines is 1. The SMILES string of the molecule is O=C(NCCNc1ncccn1)N(C[C@H]1CCCO1)C[C@@H]1CCCO1. The predicted octanol–water partition coefficient (Wildman–Crippen LogP) is 1.26. The van der Waals surface area contributed by atoms with Crippen LogP contribution in [0.1, 0.15) is 25.7 Å². The van der Waals surface area contributed by atoms with E-state index in [1.54, 1.807) is 18.5 Å². The highest BCUT2D eigenvalue weighted by atomic mass is 16.5. The van der Waals surface area contributed by atoms with Gasteiger partial charge in [0.1, 0.15) is 0 Å². The third kappa shape index (κ3) is 5.82. The van der Waals surface area contributed by atoms with E-state index in [0.717, 1.165) is 38.9 Å². The molecule has 2 N–H and O–H groups in total. The van der Waals surface area contributed by atoms with E-state index >= 15 is 0 Å². The summed E-state index contributed by atoms with van der Waals surface area (Å²) in [7, 11) is 0. The molecule has 0 aromatic carbocycles. The first-order valence-corrected chi connectivity index (χ1v) is 9.08. The molecule has 2 aliphatic heterocycles. The van der Waals surface area contributed by atoms with Crippen molar-refractivity contribution in [3.8, 4) is 0 Å². The van der Waals surface area contributed by atoms with Crippen LogP contribution in [0, 0.1) is 0 Å². The molecule has 3 rings (SSSR count). The maximum atomic E-state index is 12.6. The highest BCUT2D eigenvalue weighted by Gasteiger charge is 2.26. The molecule has 0 radical (unpaired) electrons. The fraction of sp³-hybridized carbons (Fsp3) is 0.706. The monoisotopic (exact) mass is 349 g/mol. The smallest absolute Gasteiger partial charge is 0.317 e. The van der Waals surface area contributed by atoms with Crippen molar-refractivity contribution in [2.24, 2.45) is 0 Å². The topological polar surface area (TPSA) is 88.6 Å². The van der Waals surface area contributed by atoms with Gasteiger partial charge in [-0.3, -0.25) is 0 Å². The van der Waals surface area contributed by atoms with E-state index in [4.69, 9.17) is 9.47 Å². The molecular weight excluding hydrogens is 322 g/mol. The maximum Gasteiger partial charge on any atom is 0.317 e. The van der Waals surface area contributed by atoms with E-state index in [2.05, 4.69) is 20.6 Å². The van der Waals surface area contributed by atoms with Gasteiger partial charge in [0.2, 0.25) is 5.95 Å². The van der Waals surface area contributed by atoms with Gasteiger partial charge in [0.15, 0.2) is 0 Å². The Balaban J connectivity index is 1.43. The van der Waals surface area contributed by atoms with Crippen LogP contribution in [0.5, 0.6) is 0 Å². The number of hydrogen-bond donors (Lipinski definition) is 2. The molecule has 0 bridgehead atoms. The Labute approximate surface area is 148 Å². The zero-order valence-electron chi connectivity index (χ0n) is 14.5. The Morgan fingerprint density at radius 2 is 1.72 bits per heavy atom. The predicted molar refractivity (Wildman–Crippen MR) is 93.4 cm³/mol. The number of urea groups is 1. The number of hydrogen-bond acceptors (Lipinski definition) is 6. The lowest BCUT2D eigenvalue weighted by atomic mass is 10.2. The number of carbonyl (C=O) groups is 1. The number of ether oxygens (including phenoxy) is 2. The van der Waals surface area contributed by atoms with Crippen molar-refractivity contribution in [3.63, 3.8) is 0 Å². The minimum atomic E-state index is -0.0678. The number of aromatic nitrogens is 2. The lowest BCUT2D eigenvalue weighted by Gasteiger charge is -2.28. The van der Waals surface area contributed by atoms with Crippen molar-refractivity contribution in [3.05, 3.63) is 18.5 Å². The van der Waals surface area contributed by atoms with Gasteiger partial charge in [-0.15, -0.1) is 0 Å². The van der Waals surface area contributed by atoms with Gasteiger partial charge in [-0.1, -0.05) is 0 Å². The van der Waals surface area contributed by atoms with Crippen molar-refractivity contribution < 1.29 is 14.3 Å². The molecule has 8 heteroatoms. The first kappa shape index (κ1) is 17.9. The Bertz CT molecular complexity index is 500. The van der Waals surface area contributed by atoms with Crippen molar-refractivity contribution in [2.45, 2.75) is 37.9 Å². The average molecular weight is 349 g/mol. The Hall–Kier alpha value is -1.93. The summed E-state index contributed by atoms with van der Waals surface area (Å²) in [5, 5.41) is 6.04. The van der Waals surface area contributed by atoms with Crippen LogP contribution in [0.2, 0.25) is 0 Å². The second-order valence-corrected chi connectivity index (χ2v) is 6.41. The molecule has 138 valence electrons. The molecule has 2 atom stereocenters. The first-order valence-electron chi connectivity index (χ1n) is 9.08. The standard InChI is InChI=1S/C17H27N5O3/c23-17(21-9-8-20-16-18-6-3-7-19-16)22(12-14-4-1-10-24-14)13-15-5-2-11-25-15/h3,6-7,14-15H,1-2,4-5,8-13H2,(H,21,23)(H,18,19,20)/t14-,15+. The van der Waals surface area contributed by atoms with Crippen molar-refractivity contribution >= 4 is 12.0 Å². The van der Waals surface area contributed by atoms with Crippen molar-refractivity contribution in [1.82, 2.24) is 20.2 Å². The molecule has 2 saturated heterocycles. The van der Waals surface area contributed by atoms with Crippen LogP contribution >= 0.6 is 0 Å². The quantitative estimate of drug-likeness (QED) is 0.687. The van der Waals surface area contributed by atoms with Crippen LogP contribution in [0.25, 0.3) is 0 Å². The van der Waals surface area contributed by atoms with Crippen LogP contribution in [0.15, 0.2) is 18.5 Å². The van der Waals surface area contributed by atoms with Crippen molar-refractivity contribution in [1.29, 1.82) is 0 Å². The molecule has 0 unspecified atom stereocenters. The first-order chi connectivity index (χ1) is 12.3. The molecule has 0 spiro atoms. The lowest BCUT2D eigenvalue weighted by molar-refractivity contribution is 0.0499. The second kappa shape index (κ2) is 9.53. The zero-order valence-corrected chi connectivity index (χ0v) is 14.5. The van der Waals surface area contributed by atoms with Crippen LogP contribution in [-0.2, 0) is 9.47 Å². The minimum Gasteiger partial charge on any atom is -0.376 e. The number of amides is 2. The minimum absolute atomic E-state index is 0.0678. The Morgan fingerprint density at radius 1 is 1.08 bits per heavy atom. The normalized spacial score (nSPS) is 22.7. The number of nitrogens with one attached hydrogen (secondary N) is 2. The van der Waals surface area contributed by atoms with E-state index in [0.29, 0.717) is 32.1 Å². The van der Waals surface area contributed by atoms with Gasteiger partial charge < -0.3 is 25.0 Å². The van der Waals surface area contributed by atoms with Crippen molar-refractivity contribution in [2.75, 3.05) is 44.7 Å². The zero-order chi connectivity index (χ0) is 17.3. The third-order valence-corrected chi connectivity index (χ3v) is 4.43. The van der Waals surface area contributed by atoms with Crippen LogP contribution in [-0.4, -0.2) is 72.5 Å². The Morgan fingerprint density at radius 3 is 2.28 bits per heavy atom. The molecule has 2 amide bonds. The van der Waals surface area contributed by atoms with Gasteiger partial charge in [0, 0.05) is 51.8 Å². The Kier molecular flexibility index (Phi) is 6.81. The third-order valence-electron chi connectivity index (χ3n) is 4.43. The summed E-state index contributed by atoms with van der Waals surface area (Å²) >= 11 is 0. The molecule has 1 aromatic rings. The summed E-state index contributed by atoms with van der Waals surface area (Å²) in [5.74, 6) is 0.562.